The minimum absolute atomic E-state index is 0.0313. The molecule has 3 aliphatic heterocycles. The standard InChI is InChI=1S/C21H29N5O3/c27-17-8-9-21(23-19-16(20(29)24-21)7-6-11-22-19)10-14-26(17)15-18(28)25-12-4-2-1-3-5-13-25/h6-7,11H,1-5,8-10,12-15H2,(H,22,23)(H,24,29). The number of fused-ring (bicyclic) bond motifs is 1. The minimum Gasteiger partial charge on any atom is -0.347 e. The summed E-state index contributed by atoms with van der Waals surface area (Å²) in [7, 11) is 0. The number of aromatic nitrogens is 1. The molecule has 8 heteroatoms. The van der Waals surface area contributed by atoms with E-state index in [1.54, 1.807) is 23.2 Å². The van der Waals surface area contributed by atoms with E-state index in [2.05, 4.69) is 15.6 Å². The van der Waals surface area contributed by atoms with E-state index in [1.807, 2.05) is 4.90 Å². The molecule has 156 valence electrons. The van der Waals surface area contributed by atoms with Gasteiger partial charge < -0.3 is 20.4 Å². The molecule has 0 aromatic carbocycles. The van der Waals surface area contributed by atoms with Crippen molar-refractivity contribution in [2.75, 3.05) is 31.5 Å². The first kappa shape index (κ1) is 19.7. The average molecular weight is 399 g/mol. The first-order valence-electron chi connectivity index (χ1n) is 10.7. The monoisotopic (exact) mass is 399 g/mol. The van der Waals surface area contributed by atoms with E-state index < -0.39 is 5.66 Å². The predicted molar refractivity (Wildman–Crippen MR) is 108 cm³/mol. The number of anilines is 1. The van der Waals surface area contributed by atoms with E-state index in [0.717, 1.165) is 38.8 Å². The molecule has 3 amide bonds. The molecule has 29 heavy (non-hydrogen) atoms. The average Bonchev–Trinajstić information content (AvgIpc) is 2.82. The molecule has 3 aliphatic rings. The van der Waals surface area contributed by atoms with Gasteiger partial charge >= 0.3 is 0 Å². The molecule has 0 aliphatic carbocycles. The molecule has 1 aromatic heterocycles. The van der Waals surface area contributed by atoms with E-state index in [0.29, 0.717) is 30.8 Å². The predicted octanol–water partition coefficient (Wildman–Crippen LogP) is 1.74. The number of carbonyl (C=O) groups excluding carboxylic acids is 3. The number of hydrogen-bond donors (Lipinski definition) is 2. The summed E-state index contributed by atoms with van der Waals surface area (Å²) in [6.45, 7) is 2.11. The van der Waals surface area contributed by atoms with Crippen LogP contribution in [0.25, 0.3) is 0 Å². The fourth-order valence-corrected chi connectivity index (χ4v) is 4.46. The SMILES string of the molecule is O=C1NC2(CCC(=O)N(CC(=O)N3CCCCCCC3)CC2)Nc2ncccc21. The lowest BCUT2D eigenvalue weighted by atomic mass is 9.97. The highest BCUT2D eigenvalue weighted by Crippen LogP contribution is 2.30. The minimum atomic E-state index is -0.702. The lowest BCUT2D eigenvalue weighted by molar-refractivity contribution is -0.140. The molecule has 2 N–H and O–H groups in total. The van der Waals surface area contributed by atoms with Crippen LogP contribution < -0.4 is 10.6 Å². The van der Waals surface area contributed by atoms with Gasteiger partial charge in [-0.15, -0.1) is 0 Å². The molecule has 4 heterocycles. The summed E-state index contributed by atoms with van der Waals surface area (Å²) < 4.78 is 0. The molecule has 4 rings (SSSR count). The number of amides is 3. The van der Waals surface area contributed by atoms with Gasteiger partial charge in [0.25, 0.3) is 5.91 Å². The smallest absolute Gasteiger partial charge is 0.256 e. The first-order valence-corrected chi connectivity index (χ1v) is 10.7. The number of pyridine rings is 1. The van der Waals surface area contributed by atoms with Crippen molar-refractivity contribution in [1.82, 2.24) is 20.1 Å². The van der Waals surface area contributed by atoms with Crippen molar-refractivity contribution < 1.29 is 14.4 Å². The Morgan fingerprint density at radius 3 is 2.59 bits per heavy atom. The zero-order valence-electron chi connectivity index (χ0n) is 16.8. The molecule has 0 radical (unpaired) electrons. The molecule has 8 nitrogen and oxygen atoms in total. The normalized spacial score (nSPS) is 25.4. The Morgan fingerprint density at radius 2 is 1.79 bits per heavy atom. The number of nitrogens with zero attached hydrogens (tertiary/aromatic N) is 3. The van der Waals surface area contributed by atoms with Gasteiger partial charge in [0.15, 0.2) is 0 Å². The highest BCUT2D eigenvalue weighted by atomic mass is 16.2. The maximum Gasteiger partial charge on any atom is 0.256 e. The Hall–Kier alpha value is -2.64. The lowest BCUT2D eigenvalue weighted by Crippen LogP contribution is -2.58. The third-order valence-corrected chi connectivity index (χ3v) is 6.22. The fourth-order valence-electron chi connectivity index (χ4n) is 4.46. The van der Waals surface area contributed by atoms with Gasteiger partial charge in [-0.1, -0.05) is 19.3 Å². The second-order valence-electron chi connectivity index (χ2n) is 8.27. The molecule has 1 unspecified atom stereocenters. The summed E-state index contributed by atoms with van der Waals surface area (Å²) in [6, 6.07) is 3.46. The van der Waals surface area contributed by atoms with Crippen LogP contribution in [0.3, 0.4) is 0 Å². The van der Waals surface area contributed by atoms with Gasteiger partial charge in [-0.25, -0.2) is 4.98 Å². The molecule has 0 saturated carbocycles. The van der Waals surface area contributed by atoms with Gasteiger partial charge in [0.2, 0.25) is 11.8 Å². The van der Waals surface area contributed by atoms with E-state index in [1.165, 1.54) is 6.42 Å². The molecule has 2 saturated heterocycles. The quantitative estimate of drug-likeness (QED) is 0.790. The summed E-state index contributed by atoms with van der Waals surface area (Å²) in [5.41, 5.74) is -0.190. The first-order chi connectivity index (χ1) is 14.1. The molecule has 0 bridgehead atoms. The van der Waals surface area contributed by atoms with Crippen LogP contribution in [0.2, 0.25) is 0 Å². The number of carbonyl (C=O) groups is 3. The molecule has 1 aromatic rings. The molecular weight excluding hydrogens is 370 g/mol. The van der Waals surface area contributed by atoms with Crippen LogP contribution in [0.5, 0.6) is 0 Å². The zero-order chi connectivity index (χ0) is 20.3. The Bertz CT molecular complexity index is 790. The van der Waals surface area contributed by atoms with Gasteiger partial charge in [0, 0.05) is 38.7 Å². The van der Waals surface area contributed by atoms with Crippen molar-refractivity contribution in [2.45, 2.75) is 57.0 Å². The van der Waals surface area contributed by atoms with Gasteiger partial charge in [-0.2, -0.15) is 0 Å². The Labute approximate surface area is 171 Å². The topological polar surface area (TPSA) is 94.6 Å². The summed E-state index contributed by atoms with van der Waals surface area (Å²) >= 11 is 0. The highest BCUT2D eigenvalue weighted by molar-refractivity contribution is 6.01. The zero-order valence-corrected chi connectivity index (χ0v) is 16.8. The van der Waals surface area contributed by atoms with Gasteiger partial charge in [0.05, 0.1) is 12.1 Å². The van der Waals surface area contributed by atoms with Crippen LogP contribution in [0, 0.1) is 0 Å². The number of rotatable bonds is 2. The summed E-state index contributed by atoms with van der Waals surface area (Å²) in [5, 5.41) is 6.38. The largest absolute Gasteiger partial charge is 0.347 e. The lowest BCUT2D eigenvalue weighted by Gasteiger charge is -2.39. The Morgan fingerprint density at radius 1 is 1.03 bits per heavy atom. The van der Waals surface area contributed by atoms with Crippen molar-refractivity contribution in [1.29, 1.82) is 0 Å². The highest BCUT2D eigenvalue weighted by Gasteiger charge is 2.41. The molecule has 2 fully saturated rings. The number of hydrogen-bond acceptors (Lipinski definition) is 5. The Balaban J connectivity index is 1.41. The van der Waals surface area contributed by atoms with Gasteiger partial charge in [-0.05, 0) is 31.4 Å². The Kier molecular flexibility index (Phi) is 5.69. The van der Waals surface area contributed by atoms with Gasteiger partial charge in [-0.3, -0.25) is 14.4 Å². The fraction of sp³-hybridized carbons (Fsp3) is 0.619. The van der Waals surface area contributed by atoms with Crippen LogP contribution in [0.15, 0.2) is 18.3 Å². The van der Waals surface area contributed by atoms with Crippen LogP contribution in [-0.4, -0.2) is 64.3 Å². The van der Waals surface area contributed by atoms with Crippen molar-refractivity contribution >= 4 is 23.5 Å². The molecule has 1 spiro atoms. The van der Waals surface area contributed by atoms with E-state index >= 15 is 0 Å². The second-order valence-corrected chi connectivity index (χ2v) is 8.27. The molecular formula is C21H29N5O3. The summed E-state index contributed by atoms with van der Waals surface area (Å²) in [6.07, 6.45) is 8.57. The van der Waals surface area contributed by atoms with E-state index in [9.17, 15) is 14.4 Å². The van der Waals surface area contributed by atoms with Crippen LogP contribution in [0.4, 0.5) is 5.82 Å². The van der Waals surface area contributed by atoms with E-state index in [4.69, 9.17) is 0 Å². The van der Waals surface area contributed by atoms with Gasteiger partial charge in [0.1, 0.15) is 11.5 Å². The van der Waals surface area contributed by atoms with Crippen molar-refractivity contribution in [3.63, 3.8) is 0 Å². The van der Waals surface area contributed by atoms with Crippen LogP contribution in [-0.2, 0) is 9.59 Å². The summed E-state index contributed by atoms with van der Waals surface area (Å²) in [4.78, 5) is 45.9. The number of likely N-dealkylation sites (tertiary alicyclic amines) is 2. The molecule has 1 atom stereocenters. The second kappa shape index (κ2) is 8.39. The maximum absolute atomic E-state index is 12.8. The summed E-state index contributed by atoms with van der Waals surface area (Å²) in [5.74, 6) is 0.368. The van der Waals surface area contributed by atoms with Crippen molar-refractivity contribution in [2.24, 2.45) is 0 Å². The van der Waals surface area contributed by atoms with Crippen LogP contribution in [0.1, 0.15) is 61.7 Å². The van der Waals surface area contributed by atoms with Crippen LogP contribution >= 0.6 is 0 Å². The van der Waals surface area contributed by atoms with Crippen molar-refractivity contribution in [3.05, 3.63) is 23.9 Å². The number of nitrogens with one attached hydrogen (secondary N) is 2. The maximum atomic E-state index is 12.8. The third-order valence-electron chi connectivity index (χ3n) is 6.22. The van der Waals surface area contributed by atoms with Crippen molar-refractivity contribution in [3.8, 4) is 0 Å². The third kappa shape index (κ3) is 4.36. The van der Waals surface area contributed by atoms with E-state index in [-0.39, 0.29) is 30.7 Å².